The molecular formula is C20H29ClO3. The number of ketones is 1. The van der Waals surface area contributed by atoms with Gasteiger partial charge in [0.05, 0.1) is 0 Å². The fraction of sp³-hybridized carbons (Fsp3) is 0.900. The van der Waals surface area contributed by atoms with E-state index in [1.807, 2.05) is 0 Å². The Bertz CT molecular complexity index is 561. The third-order valence-corrected chi connectivity index (χ3v) is 8.68. The number of fused-ring (bicyclic) bond motifs is 5. The number of carbonyl (C=O) groups excluding carboxylic acids is 2. The van der Waals surface area contributed by atoms with Gasteiger partial charge in [-0.25, -0.2) is 4.79 Å². The lowest BCUT2D eigenvalue weighted by molar-refractivity contribution is -0.142. The van der Waals surface area contributed by atoms with Gasteiger partial charge in [-0.15, -0.1) is 0 Å². The standard InChI is InChI=1S/C20H29ClO3/c1-19-9-7-13(24-18(21)23)11-12(19)3-4-14-15-5-6-17(22)20(15,2)10-8-16(14)19/h12-16H,3-11H2,1-2H3/t12-,13-,14-,15-,16+,19-,20-/m0/s1. The second-order valence-electron chi connectivity index (χ2n) is 9.33. The van der Waals surface area contributed by atoms with Gasteiger partial charge in [0.1, 0.15) is 11.9 Å². The zero-order valence-corrected chi connectivity index (χ0v) is 15.6. The Balaban J connectivity index is 1.54. The Morgan fingerprint density at radius 1 is 1.08 bits per heavy atom. The van der Waals surface area contributed by atoms with E-state index >= 15 is 0 Å². The third-order valence-electron chi connectivity index (χ3n) is 8.59. The second kappa shape index (κ2) is 5.72. The van der Waals surface area contributed by atoms with Crippen LogP contribution in [0.15, 0.2) is 0 Å². The van der Waals surface area contributed by atoms with Crippen molar-refractivity contribution in [3.05, 3.63) is 0 Å². The van der Waals surface area contributed by atoms with E-state index in [1.165, 1.54) is 19.3 Å². The molecule has 0 N–H and O–H groups in total. The summed E-state index contributed by atoms with van der Waals surface area (Å²) < 4.78 is 5.30. The third kappa shape index (κ3) is 2.37. The van der Waals surface area contributed by atoms with Gasteiger partial charge in [-0.05, 0) is 80.5 Å². The molecule has 0 radical (unpaired) electrons. The van der Waals surface area contributed by atoms with E-state index < -0.39 is 5.43 Å². The largest absolute Gasteiger partial charge is 0.450 e. The van der Waals surface area contributed by atoms with E-state index in [-0.39, 0.29) is 11.5 Å². The molecule has 4 rings (SSSR count). The quantitative estimate of drug-likeness (QED) is 0.598. The summed E-state index contributed by atoms with van der Waals surface area (Å²) in [5.74, 6) is 3.24. The molecule has 0 saturated heterocycles. The van der Waals surface area contributed by atoms with E-state index in [0.717, 1.165) is 50.4 Å². The highest BCUT2D eigenvalue weighted by Gasteiger charge is 2.60. The minimum absolute atomic E-state index is 0.00606. The van der Waals surface area contributed by atoms with E-state index in [0.29, 0.717) is 23.0 Å². The van der Waals surface area contributed by atoms with Gasteiger partial charge in [0.2, 0.25) is 0 Å². The van der Waals surface area contributed by atoms with Crippen LogP contribution in [0.3, 0.4) is 0 Å². The Labute approximate surface area is 149 Å². The number of hydrogen-bond acceptors (Lipinski definition) is 3. The topological polar surface area (TPSA) is 43.4 Å². The van der Waals surface area contributed by atoms with Crippen molar-refractivity contribution in [1.82, 2.24) is 0 Å². The summed E-state index contributed by atoms with van der Waals surface area (Å²) in [6, 6.07) is 0. The van der Waals surface area contributed by atoms with Crippen molar-refractivity contribution in [2.75, 3.05) is 0 Å². The molecule has 24 heavy (non-hydrogen) atoms. The normalized spacial score (nSPS) is 50.6. The molecule has 0 aromatic heterocycles. The molecule has 3 nitrogen and oxygen atoms in total. The molecule has 0 aromatic carbocycles. The lowest BCUT2D eigenvalue weighted by Gasteiger charge is -2.60. The number of rotatable bonds is 1. The molecular weight excluding hydrogens is 324 g/mol. The summed E-state index contributed by atoms with van der Waals surface area (Å²) >= 11 is 5.43. The number of halogens is 1. The van der Waals surface area contributed by atoms with Gasteiger partial charge < -0.3 is 4.74 Å². The highest BCUT2D eigenvalue weighted by molar-refractivity contribution is 6.61. The number of ether oxygens (including phenoxy) is 1. The number of hydrogen-bond donors (Lipinski definition) is 0. The van der Waals surface area contributed by atoms with Crippen LogP contribution in [0.5, 0.6) is 0 Å². The van der Waals surface area contributed by atoms with Crippen molar-refractivity contribution in [2.24, 2.45) is 34.5 Å². The summed E-state index contributed by atoms with van der Waals surface area (Å²) in [4.78, 5) is 23.5. The van der Waals surface area contributed by atoms with Crippen molar-refractivity contribution in [1.29, 1.82) is 0 Å². The summed E-state index contributed by atoms with van der Waals surface area (Å²) in [5.41, 5.74) is -0.337. The van der Waals surface area contributed by atoms with E-state index in [1.54, 1.807) is 0 Å². The molecule has 4 fully saturated rings. The van der Waals surface area contributed by atoms with Crippen molar-refractivity contribution in [3.8, 4) is 0 Å². The second-order valence-corrected chi connectivity index (χ2v) is 9.64. The van der Waals surface area contributed by atoms with Gasteiger partial charge in [0.25, 0.3) is 0 Å². The molecule has 4 heteroatoms. The molecule has 4 saturated carbocycles. The molecule has 4 aliphatic rings. The summed E-state index contributed by atoms with van der Waals surface area (Å²) in [6.45, 7) is 4.72. The molecule has 7 atom stereocenters. The van der Waals surface area contributed by atoms with E-state index in [9.17, 15) is 9.59 Å². The molecule has 0 spiro atoms. The zero-order valence-electron chi connectivity index (χ0n) is 14.9. The fourth-order valence-electron chi connectivity index (χ4n) is 7.23. The van der Waals surface area contributed by atoms with Crippen molar-refractivity contribution in [3.63, 3.8) is 0 Å². The minimum atomic E-state index is -0.657. The van der Waals surface area contributed by atoms with Gasteiger partial charge in [-0.1, -0.05) is 13.8 Å². The van der Waals surface area contributed by atoms with Crippen LogP contribution >= 0.6 is 11.6 Å². The Morgan fingerprint density at radius 3 is 2.62 bits per heavy atom. The summed E-state index contributed by atoms with van der Waals surface area (Å²) in [6.07, 6.45) is 9.72. The number of Topliss-reactive ketones (excluding diaryl/α,β-unsaturated/α-hetero) is 1. The van der Waals surface area contributed by atoms with E-state index in [2.05, 4.69) is 13.8 Å². The average Bonchev–Trinajstić information content (AvgIpc) is 2.83. The Hall–Kier alpha value is -0.570. The van der Waals surface area contributed by atoms with Gasteiger partial charge in [-0.2, -0.15) is 0 Å². The van der Waals surface area contributed by atoms with Crippen molar-refractivity contribution >= 4 is 22.8 Å². The number of carbonyl (C=O) groups is 2. The van der Waals surface area contributed by atoms with Crippen molar-refractivity contribution in [2.45, 2.75) is 77.7 Å². The first kappa shape index (κ1) is 16.9. The minimum Gasteiger partial charge on any atom is -0.450 e. The van der Waals surface area contributed by atoms with Crippen LogP contribution in [0.1, 0.15) is 71.6 Å². The van der Waals surface area contributed by atoms with Crippen LogP contribution in [0.4, 0.5) is 4.79 Å². The van der Waals surface area contributed by atoms with Gasteiger partial charge >= 0.3 is 5.43 Å². The monoisotopic (exact) mass is 352 g/mol. The van der Waals surface area contributed by atoms with Gasteiger partial charge in [0.15, 0.2) is 0 Å². The molecule has 4 aliphatic carbocycles. The average molecular weight is 353 g/mol. The first-order valence-electron chi connectivity index (χ1n) is 9.74. The van der Waals surface area contributed by atoms with Crippen LogP contribution in [-0.2, 0) is 9.53 Å². The summed E-state index contributed by atoms with van der Waals surface area (Å²) in [5, 5.41) is 0. The van der Waals surface area contributed by atoms with Gasteiger partial charge in [-0.3, -0.25) is 4.79 Å². The SMILES string of the molecule is C[C@]12CC[C@H](OC(=O)Cl)C[C@@H]1CC[C@@H]1[C@H]2CC[C@]2(C)C(=O)CC[C@@H]12. The van der Waals surface area contributed by atoms with Crippen molar-refractivity contribution < 1.29 is 14.3 Å². The predicted octanol–water partition coefficient (Wildman–Crippen LogP) is 5.34. The van der Waals surface area contributed by atoms with Crippen LogP contribution in [0.2, 0.25) is 0 Å². The maximum Gasteiger partial charge on any atom is 0.404 e. The maximum absolute atomic E-state index is 12.5. The molecule has 0 aromatic rings. The Kier molecular flexibility index (Phi) is 4.02. The lowest BCUT2D eigenvalue weighted by atomic mass is 9.45. The lowest BCUT2D eigenvalue weighted by Crippen LogP contribution is -2.54. The molecule has 0 bridgehead atoms. The Morgan fingerprint density at radius 2 is 1.88 bits per heavy atom. The van der Waals surface area contributed by atoms with Crippen LogP contribution in [0, 0.1) is 34.5 Å². The molecule has 134 valence electrons. The zero-order chi connectivity index (χ0) is 17.1. The predicted molar refractivity (Wildman–Crippen MR) is 92.9 cm³/mol. The fourth-order valence-corrected chi connectivity index (χ4v) is 7.35. The highest BCUT2D eigenvalue weighted by Crippen LogP contribution is 2.65. The smallest absolute Gasteiger partial charge is 0.404 e. The van der Waals surface area contributed by atoms with Crippen LogP contribution in [-0.4, -0.2) is 17.3 Å². The molecule has 0 heterocycles. The summed E-state index contributed by atoms with van der Waals surface area (Å²) in [7, 11) is 0. The van der Waals surface area contributed by atoms with Crippen LogP contribution < -0.4 is 0 Å². The first-order chi connectivity index (χ1) is 11.3. The maximum atomic E-state index is 12.5. The van der Waals surface area contributed by atoms with E-state index in [4.69, 9.17) is 16.3 Å². The highest BCUT2D eigenvalue weighted by atomic mass is 35.5. The molecule has 0 amide bonds. The first-order valence-corrected chi connectivity index (χ1v) is 10.1. The molecule has 0 aliphatic heterocycles. The molecule has 0 unspecified atom stereocenters. The van der Waals surface area contributed by atoms with Crippen LogP contribution in [0.25, 0.3) is 0 Å². The van der Waals surface area contributed by atoms with Gasteiger partial charge in [0, 0.05) is 23.4 Å².